The van der Waals surface area contributed by atoms with Gasteiger partial charge < -0.3 is 5.11 Å². The van der Waals surface area contributed by atoms with Crippen LogP contribution in [0, 0.1) is 4.78 Å². The average Bonchev–Trinajstić information content (AvgIpc) is 2.36. The fourth-order valence-electron chi connectivity index (χ4n) is 0.884. The standard InChI is InChI=1S/C5H9NO3S/c1-10(6,9)5(2-3-5)4(7)8/h6H,2-3H2,1H3,(H,7,8). The molecule has 1 rings (SSSR count). The SMILES string of the molecule is CS(=N)(=O)C1(C(=O)O)CC1. The highest BCUT2D eigenvalue weighted by molar-refractivity contribution is 7.94. The maximum absolute atomic E-state index is 11.0. The summed E-state index contributed by atoms with van der Waals surface area (Å²) in [6.45, 7) is 0. The number of carboxylic acid groups (broad SMARTS) is 1. The lowest BCUT2D eigenvalue weighted by Gasteiger charge is -2.07. The van der Waals surface area contributed by atoms with E-state index in [9.17, 15) is 9.00 Å². The second-order valence-electron chi connectivity index (χ2n) is 2.64. The van der Waals surface area contributed by atoms with Gasteiger partial charge in [0, 0.05) is 6.26 Å². The van der Waals surface area contributed by atoms with Gasteiger partial charge in [-0.1, -0.05) is 0 Å². The molecule has 1 unspecified atom stereocenters. The van der Waals surface area contributed by atoms with Gasteiger partial charge in [0.2, 0.25) is 0 Å². The van der Waals surface area contributed by atoms with E-state index in [1.54, 1.807) is 0 Å². The zero-order chi connectivity index (χ0) is 7.99. The van der Waals surface area contributed by atoms with Crippen molar-refractivity contribution in [2.24, 2.45) is 0 Å². The van der Waals surface area contributed by atoms with Crippen molar-refractivity contribution >= 4 is 15.7 Å². The van der Waals surface area contributed by atoms with Crippen LogP contribution in [0.2, 0.25) is 0 Å². The van der Waals surface area contributed by atoms with Crippen LogP contribution in [0.5, 0.6) is 0 Å². The van der Waals surface area contributed by atoms with Gasteiger partial charge in [0.05, 0.1) is 9.73 Å². The molecule has 0 spiro atoms. The molecule has 0 radical (unpaired) electrons. The van der Waals surface area contributed by atoms with Gasteiger partial charge in [-0.05, 0) is 12.8 Å². The van der Waals surface area contributed by atoms with Gasteiger partial charge in [-0.3, -0.25) is 9.57 Å². The molecule has 0 bridgehead atoms. The smallest absolute Gasteiger partial charge is 0.323 e. The summed E-state index contributed by atoms with van der Waals surface area (Å²) in [4.78, 5) is 10.4. The molecular formula is C5H9NO3S. The molecular weight excluding hydrogens is 154 g/mol. The van der Waals surface area contributed by atoms with Crippen LogP contribution in [0.4, 0.5) is 0 Å². The first-order valence-electron chi connectivity index (χ1n) is 2.87. The number of rotatable bonds is 2. The Morgan fingerprint density at radius 1 is 1.70 bits per heavy atom. The lowest BCUT2D eigenvalue weighted by molar-refractivity contribution is -0.137. The number of carbonyl (C=O) groups is 1. The summed E-state index contributed by atoms with van der Waals surface area (Å²) in [5, 5.41) is 8.54. The lowest BCUT2D eigenvalue weighted by atomic mass is 10.4. The van der Waals surface area contributed by atoms with E-state index in [0.29, 0.717) is 12.8 Å². The Bertz CT molecular complexity index is 263. The van der Waals surface area contributed by atoms with Crippen LogP contribution in [0.15, 0.2) is 0 Å². The van der Waals surface area contributed by atoms with Gasteiger partial charge in [-0.15, -0.1) is 0 Å². The number of nitrogens with one attached hydrogen (secondary N) is 1. The Morgan fingerprint density at radius 3 is 2.10 bits per heavy atom. The third kappa shape index (κ3) is 0.811. The summed E-state index contributed by atoms with van der Waals surface area (Å²) in [5.74, 6) is -1.09. The van der Waals surface area contributed by atoms with Gasteiger partial charge in [-0.2, -0.15) is 0 Å². The molecule has 2 N–H and O–H groups in total. The predicted octanol–water partition coefficient (Wildman–Crippen LogP) is 0.280. The van der Waals surface area contributed by atoms with Gasteiger partial charge in [0.25, 0.3) is 0 Å². The van der Waals surface area contributed by atoms with E-state index in [1.807, 2.05) is 0 Å². The summed E-state index contributed by atoms with van der Waals surface area (Å²) >= 11 is 0. The van der Waals surface area contributed by atoms with Gasteiger partial charge in [0.15, 0.2) is 4.75 Å². The molecule has 0 amide bonds. The molecule has 1 saturated carbocycles. The maximum atomic E-state index is 11.0. The van der Waals surface area contributed by atoms with Crippen LogP contribution in [0.1, 0.15) is 12.8 Å². The second kappa shape index (κ2) is 1.72. The van der Waals surface area contributed by atoms with Crippen molar-refractivity contribution in [2.75, 3.05) is 6.26 Å². The minimum atomic E-state index is -2.89. The van der Waals surface area contributed by atoms with E-state index in [1.165, 1.54) is 6.26 Å². The zero-order valence-electron chi connectivity index (χ0n) is 5.59. The van der Waals surface area contributed by atoms with Gasteiger partial charge in [-0.25, -0.2) is 4.21 Å². The number of carboxylic acids is 1. The van der Waals surface area contributed by atoms with Crippen LogP contribution in [0.25, 0.3) is 0 Å². The molecule has 0 aromatic carbocycles. The Labute approximate surface area is 59.2 Å². The van der Waals surface area contributed by atoms with Crippen molar-refractivity contribution in [3.63, 3.8) is 0 Å². The van der Waals surface area contributed by atoms with Crippen LogP contribution in [0.3, 0.4) is 0 Å². The third-order valence-electron chi connectivity index (χ3n) is 1.84. The third-order valence-corrected chi connectivity index (χ3v) is 3.91. The molecule has 1 fully saturated rings. The van der Waals surface area contributed by atoms with Crippen LogP contribution in [-0.2, 0) is 14.5 Å². The molecule has 1 atom stereocenters. The van der Waals surface area contributed by atoms with Crippen molar-refractivity contribution in [1.82, 2.24) is 0 Å². The summed E-state index contributed by atoms with van der Waals surface area (Å²) < 4.78 is 16.9. The Kier molecular flexibility index (Phi) is 1.29. The monoisotopic (exact) mass is 163 g/mol. The topological polar surface area (TPSA) is 78.2 Å². The number of hydrogen-bond donors (Lipinski definition) is 2. The molecule has 58 valence electrons. The van der Waals surface area contributed by atoms with Gasteiger partial charge in [0.1, 0.15) is 0 Å². The fourth-order valence-corrected chi connectivity index (χ4v) is 2.10. The molecule has 0 aromatic rings. The maximum Gasteiger partial charge on any atom is 0.323 e. The first-order valence-corrected chi connectivity index (χ1v) is 4.83. The summed E-state index contributed by atoms with van der Waals surface area (Å²) in [7, 11) is -2.89. The molecule has 1 aliphatic carbocycles. The van der Waals surface area contributed by atoms with Crippen LogP contribution in [-0.4, -0.2) is 26.3 Å². The first kappa shape index (κ1) is 7.53. The van der Waals surface area contributed by atoms with Crippen molar-refractivity contribution in [1.29, 1.82) is 4.78 Å². The fraction of sp³-hybridized carbons (Fsp3) is 0.800. The molecule has 0 aromatic heterocycles. The molecule has 5 heteroatoms. The van der Waals surface area contributed by atoms with E-state index in [2.05, 4.69) is 0 Å². The van der Waals surface area contributed by atoms with Crippen molar-refractivity contribution in [2.45, 2.75) is 17.6 Å². The molecule has 10 heavy (non-hydrogen) atoms. The summed E-state index contributed by atoms with van der Waals surface area (Å²) in [6.07, 6.45) is 1.97. The molecule has 4 nitrogen and oxygen atoms in total. The zero-order valence-corrected chi connectivity index (χ0v) is 6.40. The van der Waals surface area contributed by atoms with E-state index in [-0.39, 0.29) is 0 Å². The largest absolute Gasteiger partial charge is 0.480 e. The Hall–Kier alpha value is -0.580. The van der Waals surface area contributed by atoms with E-state index in [0.717, 1.165) is 0 Å². The highest BCUT2D eigenvalue weighted by atomic mass is 32.2. The first-order chi connectivity index (χ1) is 4.40. The lowest BCUT2D eigenvalue weighted by Crippen LogP contribution is -2.30. The molecule has 0 saturated heterocycles. The highest BCUT2D eigenvalue weighted by Crippen LogP contribution is 2.43. The number of hydrogen-bond acceptors (Lipinski definition) is 3. The highest BCUT2D eigenvalue weighted by Gasteiger charge is 2.56. The number of aliphatic carboxylic acids is 1. The van der Waals surface area contributed by atoms with Crippen LogP contribution >= 0.6 is 0 Å². The van der Waals surface area contributed by atoms with E-state index >= 15 is 0 Å². The predicted molar refractivity (Wildman–Crippen MR) is 36.4 cm³/mol. The normalized spacial score (nSPS) is 26.9. The Balaban J connectivity index is 3.02. The molecule has 0 aliphatic heterocycles. The minimum Gasteiger partial charge on any atom is -0.480 e. The minimum absolute atomic E-state index is 0.390. The van der Waals surface area contributed by atoms with Crippen LogP contribution < -0.4 is 0 Å². The Morgan fingerprint density at radius 2 is 2.10 bits per heavy atom. The average molecular weight is 163 g/mol. The van der Waals surface area contributed by atoms with Crippen molar-refractivity contribution in [3.8, 4) is 0 Å². The quantitative estimate of drug-likeness (QED) is 0.613. The molecule has 0 heterocycles. The second-order valence-corrected chi connectivity index (χ2v) is 5.11. The van der Waals surface area contributed by atoms with E-state index in [4.69, 9.17) is 9.89 Å². The summed E-state index contributed by atoms with van der Waals surface area (Å²) in [5.41, 5.74) is 0. The van der Waals surface area contributed by atoms with Crippen molar-refractivity contribution < 1.29 is 14.1 Å². The molecule has 1 aliphatic rings. The summed E-state index contributed by atoms with van der Waals surface area (Å²) in [6, 6.07) is 0. The van der Waals surface area contributed by atoms with E-state index < -0.39 is 20.4 Å². The van der Waals surface area contributed by atoms with Gasteiger partial charge >= 0.3 is 5.97 Å². The van der Waals surface area contributed by atoms with Crippen molar-refractivity contribution in [3.05, 3.63) is 0 Å².